The first kappa shape index (κ1) is 21.5. The molecule has 1 aromatic carbocycles. The van der Waals surface area contributed by atoms with Crippen LogP contribution in [0.25, 0.3) is 12.2 Å². The van der Waals surface area contributed by atoms with Crippen LogP contribution in [-0.4, -0.2) is 40.1 Å². The number of nitrogens with one attached hydrogen (secondary N) is 2. The third-order valence-corrected chi connectivity index (χ3v) is 6.36. The quantitative estimate of drug-likeness (QED) is 0.488. The molecule has 0 saturated carbocycles. The Labute approximate surface area is 189 Å². The number of H-pyrrole nitrogens is 1. The lowest BCUT2D eigenvalue weighted by Gasteiger charge is -2.25. The minimum atomic E-state index is -0.125. The zero-order chi connectivity index (χ0) is 21.6. The predicted molar refractivity (Wildman–Crippen MR) is 124 cm³/mol. The highest BCUT2D eigenvalue weighted by Crippen LogP contribution is 2.34. The molecular weight excluding hydrogens is 432 g/mol. The summed E-state index contributed by atoms with van der Waals surface area (Å²) in [5.74, 6) is 2.51. The molecule has 0 radical (unpaired) electrons. The summed E-state index contributed by atoms with van der Waals surface area (Å²) < 4.78 is 11.3. The van der Waals surface area contributed by atoms with E-state index < -0.39 is 0 Å². The molecule has 4 rings (SSSR count). The zero-order valence-electron chi connectivity index (χ0n) is 17.3. The molecule has 0 spiro atoms. The summed E-state index contributed by atoms with van der Waals surface area (Å²) in [4.78, 5) is 18.2. The topological polar surface area (TPSA) is 89.1 Å². The third-order valence-electron chi connectivity index (χ3n) is 4.67. The Morgan fingerprint density at radius 2 is 2.10 bits per heavy atom. The van der Waals surface area contributed by atoms with Gasteiger partial charge in [-0.1, -0.05) is 37.7 Å². The van der Waals surface area contributed by atoms with Crippen LogP contribution in [0.15, 0.2) is 40.9 Å². The van der Waals surface area contributed by atoms with E-state index in [1.54, 1.807) is 11.3 Å². The van der Waals surface area contributed by atoms with Crippen LogP contribution in [0.2, 0.25) is 0 Å². The summed E-state index contributed by atoms with van der Waals surface area (Å²) in [7, 11) is 0. The molecule has 162 valence electrons. The molecule has 3 heterocycles. The average molecular weight is 457 g/mol. The maximum Gasteiger partial charge on any atom is 0.230 e. The van der Waals surface area contributed by atoms with Gasteiger partial charge in [0.05, 0.1) is 11.8 Å². The number of amides is 1. The summed E-state index contributed by atoms with van der Waals surface area (Å²) in [5.41, 5.74) is 0.997. The maximum absolute atomic E-state index is 12.6. The molecule has 1 unspecified atom stereocenters. The predicted octanol–water partition coefficient (Wildman–Crippen LogP) is 4.41. The number of hydrogen-bond acceptors (Lipinski definition) is 7. The SMILES string of the molecule is CC(C)C(NC(=O)CSc1n[nH]c(/C=C/c2cccs2)n1)c1ccc2c(c1)OCCO2. The number of ether oxygens (including phenoxy) is 2. The molecule has 0 saturated heterocycles. The van der Waals surface area contributed by atoms with Gasteiger partial charge in [0.2, 0.25) is 11.1 Å². The Hall–Kier alpha value is -2.78. The van der Waals surface area contributed by atoms with E-state index in [-0.39, 0.29) is 23.6 Å². The van der Waals surface area contributed by atoms with Crippen LogP contribution < -0.4 is 14.8 Å². The van der Waals surface area contributed by atoms with Crippen LogP contribution in [-0.2, 0) is 4.79 Å². The second kappa shape index (κ2) is 10.0. The number of thiophene rings is 1. The minimum absolute atomic E-state index is 0.0703. The molecule has 7 nitrogen and oxygen atoms in total. The normalized spacial score (nSPS) is 14.2. The Morgan fingerprint density at radius 3 is 2.87 bits per heavy atom. The molecule has 2 N–H and O–H groups in total. The van der Waals surface area contributed by atoms with Crippen LogP contribution in [0.4, 0.5) is 0 Å². The maximum atomic E-state index is 12.6. The van der Waals surface area contributed by atoms with E-state index in [1.165, 1.54) is 11.8 Å². The molecule has 1 aliphatic rings. The second-order valence-corrected chi connectivity index (χ2v) is 9.25. The number of aromatic amines is 1. The van der Waals surface area contributed by atoms with Gasteiger partial charge in [-0.3, -0.25) is 9.89 Å². The Bertz CT molecular complexity index is 1050. The first-order valence-electron chi connectivity index (χ1n) is 10.0. The highest BCUT2D eigenvalue weighted by molar-refractivity contribution is 7.99. The average Bonchev–Trinajstić information content (AvgIpc) is 3.46. The van der Waals surface area contributed by atoms with Crippen LogP contribution in [0.1, 0.15) is 36.2 Å². The van der Waals surface area contributed by atoms with Gasteiger partial charge in [-0.15, -0.1) is 16.4 Å². The van der Waals surface area contributed by atoms with Crippen molar-refractivity contribution in [3.05, 3.63) is 52.0 Å². The zero-order valence-corrected chi connectivity index (χ0v) is 19.0. The molecule has 1 amide bonds. The van der Waals surface area contributed by atoms with Gasteiger partial charge in [-0.05, 0) is 47.2 Å². The minimum Gasteiger partial charge on any atom is -0.486 e. The fourth-order valence-electron chi connectivity index (χ4n) is 3.18. The van der Waals surface area contributed by atoms with Crippen LogP contribution in [0.5, 0.6) is 11.5 Å². The van der Waals surface area contributed by atoms with Crippen LogP contribution in [0, 0.1) is 5.92 Å². The molecule has 9 heteroatoms. The number of benzene rings is 1. The van der Waals surface area contributed by atoms with Crippen molar-refractivity contribution in [2.24, 2.45) is 5.92 Å². The van der Waals surface area contributed by atoms with E-state index in [1.807, 2.05) is 47.9 Å². The fourth-order valence-corrected chi connectivity index (χ4v) is 4.41. The van der Waals surface area contributed by atoms with Crippen molar-refractivity contribution < 1.29 is 14.3 Å². The van der Waals surface area contributed by atoms with E-state index in [9.17, 15) is 4.79 Å². The van der Waals surface area contributed by atoms with E-state index in [4.69, 9.17) is 9.47 Å². The Balaban J connectivity index is 1.34. The van der Waals surface area contributed by atoms with Gasteiger partial charge in [0.15, 0.2) is 11.5 Å². The van der Waals surface area contributed by atoms with Gasteiger partial charge >= 0.3 is 0 Å². The summed E-state index contributed by atoms with van der Waals surface area (Å²) in [5, 5.41) is 12.8. The second-order valence-electron chi connectivity index (χ2n) is 7.33. The summed E-state index contributed by atoms with van der Waals surface area (Å²) in [6.45, 7) is 5.25. The first-order chi connectivity index (χ1) is 15.1. The number of rotatable bonds is 8. The molecule has 31 heavy (non-hydrogen) atoms. The van der Waals surface area contributed by atoms with Crippen molar-refractivity contribution >= 4 is 41.2 Å². The number of thioether (sulfide) groups is 1. The van der Waals surface area contributed by atoms with Gasteiger partial charge in [-0.25, -0.2) is 4.98 Å². The highest BCUT2D eigenvalue weighted by atomic mass is 32.2. The smallest absolute Gasteiger partial charge is 0.230 e. The fraction of sp³-hybridized carbons (Fsp3) is 0.318. The molecule has 0 bridgehead atoms. The van der Waals surface area contributed by atoms with Crippen molar-refractivity contribution in [1.82, 2.24) is 20.5 Å². The first-order valence-corrected chi connectivity index (χ1v) is 11.9. The molecule has 3 aromatic rings. The summed E-state index contributed by atoms with van der Waals surface area (Å²) in [6.07, 6.45) is 3.85. The molecule has 2 aromatic heterocycles. The van der Waals surface area contributed by atoms with Gasteiger partial charge in [-0.2, -0.15) is 0 Å². The van der Waals surface area contributed by atoms with Crippen LogP contribution >= 0.6 is 23.1 Å². The van der Waals surface area contributed by atoms with E-state index in [0.717, 1.165) is 21.9 Å². The van der Waals surface area contributed by atoms with Crippen molar-refractivity contribution in [3.63, 3.8) is 0 Å². The highest BCUT2D eigenvalue weighted by Gasteiger charge is 2.21. The number of carbonyl (C=O) groups excluding carboxylic acids is 1. The number of aromatic nitrogens is 3. The van der Waals surface area contributed by atoms with Crippen LogP contribution in [0.3, 0.4) is 0 Å². The van der Waals surface area contributed by atoms with Gasteiger partial charge < -0.3 is 14.8 Å². The lowest BCUT2D eigenvalue weighted by atomic mass is 9.95. The molecule has 0 fully saturated rings. The summed E-state index contributed by atoms with van der Waals surface area (Å²) >= 11 is 2.96. The van der Waals surface area contributed by atoms with Gasteiger partial charge in [0, 0.05) is 4.88 Å². The molecule has 0 aliphatic carbocycles. The van der Waals surface area contributed by atoms with Crippen molar-refractivity contribution in [1.29, 1.82) is 0 Å². The number of carbonyl (C=O) groups is 1. The molecular formula is C22H24N4O3S2. The number of fused-ring (bicyclic) bond motifs is 1. The van der Waals surface area contributed by atoms with E-state index >= 15 is 0 Å². The number of hydrogen-bond donors (Lipinski definition) is 2. The van der Waals surface area contributed by atoms with Crippen molar-refractivity contribution in [2.45, 2.75) is 25.0 Å². The lowest BCUT2D eigenvalue weighted by Crippen LogP contribution is -2.33. The molecule has 1 aliphatic heterocycles. The Morgan fingerprint density at radius 1 is 1.26 bits per heavy atom. The largest absolute Gasteiger partial charge is 0.486 e. The standard InChI is InChI=1S/C22H24N4O3S2/c1-14(2)21(15-5-7-17-18(12-15)29-10-9-28-17)24-20(27)13-31-22-23-19(25-26-22)8-6-16-4-3-11-30-16/h3-8,11-12,14,21H,9-10,13H2,1-2H3,(H,24,27)(H,23,25,26)/b8-6+. The van der Waals surface area contributed by atoms with E-state index in [2.05, 4.69) is 34.3 Å². The monoisotopic (exact) mass is 456 g/mol. The Kier molecular flexibility index (Phi) is 6.93. The molecule has 1 atom stereocenters. The summed E-state index contributed by atoms with van der Waals surface area (Å²) in [6, 6.07) is 9.74. The number of nitrogens with zero attached hydrogens (tertiary/aromatic N) is 2. The lowest BCUT2D eigenvalue weighted by molar-refractivity contribution is -0.119. The van der Waals surface area contributed by atoms with E-state index in [0.29, 0.717) is 24.2 Å². The van der Waals surface area contributed by atoms with Crippen molar-refractivity contribution in [2.75, 3.05) is 19.0 Å². The van der Waals surface area contributed by atoms with Crippen molar-refractivity contribution in [3.8, 4) is 11.5 Å². The third kappa shape index (κ3) is 5.68. The van der Waals surface area contributed by atoms with Gasteiger partial charge in [0.25, 0.3) is 0 Å². The van der Waals surface area contributed by atoms with Gasteiger partial charge in [0.1, 0.15) is 19.0 Å².